The highest BCUT2D eigenvalue weighted by atomic mass is 16.5. The van der Waals surface area contributed by atoms with Gasteiger partial charge in [0.1, 0.15) is 11.8 Å². The normalized spacial score (nSPS) is 7.56. The average Bonchev–Trinajstić information content (AvgIpc) is 2.35. The number of nitrogens with zero attached hydrogens (tertiary/aromatic N) is 1. The van der Waals surface area contributed by atoms with Crippen LogP contribution in [0.15, 0.2) is 18.2 Å². The van der Waals surface area contributed by atoms with E-state index in [1.807, 2.05) is 53.7 Å². The molecule has 0 atom stereocenters. The molecule has 0 bridgehead atoms. The number of hydrogen-bond acceptors (Lipinski definition) is 2. The largest absolute Gasteiger partial charge is 0.492 e. The number of hydrogen-bond donors (Lipinski definition) is 0. The molecule has 2 heteroatoms. The van der Waals surface area contributed by atoms with E-state index < -0.39 is 0 Å². The maximum atomic E-state index is 8.71. The van der Waals surface area contributed by atoms with Gasteiger partial charge in [0.2, 0.25) is 0 Å². The van der Waals surface area contributed by atoms with E-state index in [1.165, 1.54) is 0 Å². The van der Waals surface area contributed by atoms with Gasteiger partial charge in [-0.25, -0.2) is 0 Å². The smallest absolute Gasteiger partial charge is 0.137 e. The minimum Gasteiger partial charge on any atom is -0.492 e. The van der Waals surface area contributed by atoms with Crippen LogP contribution in [0.1, 0.15) is 45.7 Å². The van der Waals surface area contributed by atoms with E-state index in [0.717, 1.165) is 5.56 Å². The lowest BCUT2D eigenvalue weighted by Crippen LogP contribution is -1.94. The van der Waals surface area contributed by atoms with Gasteiger partial charge >= 0.3 is 0 Å². The highest BCUT2D eigenvalue weighted by Crippen LogP contribution is 2.18. The fourth-order valence-corrected chi connectivity index (χ4v) is 0.997. The van der Waals surface area contributed by atoms with E-state index in [4.69, 9.17) is 10.00 Å². The zero-order valence-corrected chi connectivity index (χ0v) is 11.3. The maximum Gasteiger partial charge on any atom is 0.137 e. The van der Waals surface area contributed by atoms with Gasteiger partial charge in [-0.1, -0.05) is 33.8 Å². The molecule has 0 saturated carbocycles. The van der Waals surface area contributed by atoms with Gasteiger partial charge in [0, 0.05) is 0 Å². The summed E-state index contributed by atoms with van der Waals surface area (Å²) >= 11 is 0. The van der Waals surface area contributed by atoms with Crippen molar-refractivity contribution in [2.24, 2.45) is 0 Å². The van der Waals surface area contributed by atoms with E-state index in [2.05, 4.69) is 6.07 Å². The first-order valence-corrected chi connectivity index (χ1v) is 5.91. The molecule has 90 valence electrons. The molecular weight excluding hydrogens is 198 g/mol. The van der Waals surface area contributed by atoms with Gasteiger partial charge in [-0.3, -0.25) is 0 Å². The molecule has 16 heavy (non-hydrogen) atoms. The predicted molar refractivity (Wildman–Crippen MR) is 69.8 cm³/mol. The van der Waals surface area contributed by atoms with Gasteiger partial charge in [0.05, 0.1) is 12.2 Å². The number of rotatable bonds is 2. The number of benzene rings is 1. The Bertz CT molecular complexity index is 313. The first-order chi connectivity index (χ1) is 7.77. The molecule has 0 fully saturated rings. The van der Waals surface area contributed by atoms with E-state index in [0.29, 0.717) is 17.9 Å². The van der Waals surface area contributed by atoms with Gasteiger partial charge in [-0.2, -0.15) is 5.26 Å². The molecule has 0 heterocycles. The highest BCUT2D eigenvalue weighted by molar-refractivity contribution is 5.44. The van der Waals surface area contributed by atoms with Crippen LogP contribution in [0.25, 0.3) is 0 Å². The van der Waals surface area contributed by atoms with Crippen molar-refractivity contribution in [3.05, 3.63) is 29.3 Å². The van der Waals surface area contributed by atoms with Crippen molar-refractivity contribution in [3.8, 4) is 11.8 Å². The van der Waals surface area contributed by atoms with Gasteiger partial charge in [-0.05, 0) is 31.5 Å². The molecule has 0 saturated heterocycles. The third-order valence-corrected chi connectivity index (χ3v) is 1.56. The van der Waals surface area contributed by atoms with Crippen LogP contribution >= 0.6 is 0 Å². The van der Waals surface area contributed by atoms with Gasteiger partial charge in [0.15, 0.2) is 0 Å². The zero-order valence-electron chi connectivity index (χ0n) is 11.3. The van der Waals surface area contributed by atoms with Crippen molar-refractivity contribution in [2.75, 3.05) is 6.61 Å². The second-order valence-corrected chi connectivity index (χ2v) is 2.54. The van der Waals surface area contributed by atoms with Crippen LogP contribution in [0, 0.1) is 18.3 Å². The van der Waals surface area contributed by atoms with Gasteiger partial charge in [-0.15, -0.1) is 0 Å². The van der Waals surface area contributed by atoms with Crippen LogP contribution in [0.5, 0.6) is 5.75 Å². The van der Waals surface area contributed by atoms with Crippen LogP contribution in [-0.2, 0) is 0 Å². The quantitative estimate of drug-likeness (QED) is 0.745. The summed E-state index contributed by atoms with van der Waals surface area (Å²) in [5.74, 6) is 0.681. The maximum absolute atomic E-state index is 8.71. The number of aryl methyl sites for hydroxylation is 1. The van der Waals surface area contributed by atoms with Crippen molar-refractivity contribution in [1.82, 2.24) is 0 Å². The summed E-state index contributed by atoms with van der Waals surface area (Å²) in [6, 6.07) is 7.64. The summed E-state index contributed by atoms with van der Waals surface area (Å²) < 4.78 is 5.29. The predicted octanol–water partition coefficient (Wildman–Crippen LogP) is 4.32. The van der Waals surface area contributed by atoms with Crippen molar-refractivity contribution < 1.29 is 4.74 Å². The van der Waals surface area contributed by atoms with Crippen LogP contribution in [0.4, 0.5) is 0 Å². The molecular formula is C14H23NO. The molecule has 1 aromatic carbocycles. The third kappa shape index (κ3) is 6.08. The molecule has 1 rings (SSSR count). The topological polar surface area (TPSA) is 33.0 Å². The van der Waals surface area contributed by atoms with E-state index in [1.54, 1.807) is 6.07 Å². The van der Waals surface area contributed by atoms with Crippen LogP contribution in [0.2, 0.25) is 0 Å². The average molecular weight is 221 g/mol. The first kappa shape index (κ1) is 16.9. The lowest BCUT2D eigenvalue weighted by molar-refractivity contribution is 0.339. The van der Waals surface area contributed by atoms with Crippen molar-refractivity contribution in [1.29, 1.82) is 5.26 Å². The Kier molecular flexibility index (Phi) is 12.3. The summed E-state index contributed by atoms with van der Waals surface area (Å²) in [6.45, 7) is 12.5. The minimum atomic E-state index is 0.595. The Morgan fingerprint density at radius 1 is 1.19 bits per heavy atom. The number of nitriles is 1. The Hall–Kier alpha value is -1.49. The fraction of sp³-hybridized carbons (Fsp3) is 0.500. The van der Waals surface area contributed by atoms with Crippen LogP contribution in [-0.4, -0.2) is 6.61 Å². The molecule has 0 aliphatic heterocycles. The molecule has 0 aliphatic carbocycles. The number of ether oxygens (including phenoxy) is 1. The lowest BCUT2D eigenvalue weighted by Gasteiger charge is -2.05. The SMILES string of the molecule is CC.CC.CCOc1cc(C)ccc1C#N. The molecule has 2 nitrogen and oxygen atoms in total. The summed E-state index contributed by atoms with van der Waals surface area (Å²) in [6.07, 6.45) is 0. The second-order valence-electron chi connectivity index (χ2n) is 2.54. The standard InChI is InChI=1S/C10H11NO.2C2H6/c1-3-12-10-6-8(2)4-5-9(10)7-11;2*1-2/h4-6H,3H2,1-2H3;2*1-2H3. The van der Waals surface area contributed by atoms with Gasteiger partial charge in [0.25, 0.3) is 0 Å². The first-order valence-electron chi connectivity index (χ1n) is 5.91. The van der Waals surface area contributed by atoms with Crippen LogP contribution < -0.4 is 4.74 Å². The Morgan fingerprint density at radius 2 is 1.75 bits per heavy atom. The molecule has 0 aliphatic rings. The lowest BCUT2D eigenvalue weighted by atomic mass is 10.1. The summed E-state index contributed by atoms with van der Waals surface area (Å²) in [5.41, 5.74) is 1.71. The van der Waals surface area contributed by atoms with Crippen molar-refractivity contribution in [2.45, 2.75) is 41.5 Å². The zero-order chi connectivity index (χ0) is 13.0. The third-order valence-electron chi connectivity index (χ3n) is 1.56. The van der Waals surface area contributed by atoms with E-state index in [-0.39, 0.29) is 0 Å². The minimum absolute atomic E-state index is 0.595. The molecule has 0 spiro atoms. The Balaban J connectivity index is 0. The Morgan fingerprint density at radius 3 is 2.19 bits per heavy atom. The molecule has 0 N–H and O–H groups in total. The fourth-order valence-electron chi connectivity index (χ4n) is 0.997. The van der Waals surface area contributed by atoms with Crippen LogP contribution in [0.3, 0.4) is 0 Å². The molecule has 0 radical (unpaired) electrons. The summed E-state index contributed by atoms with van der Waals surface area (Å²) in [4.78, 5) is 0. The molecule has 0 amide bonds. The molecule has 0 aromatic heterocycles. The van der Waals surface area contributed by atoms with E-state index >= 15 is 0 Å². The molecule has 1 aromatic rings. The van der Waals surface area contributed by atoms with Crippen molar-refractivity contribution >= 4 is 0 Å². The Labute approximate surface area is 99.9 Å². The highest BCUT2D eigenvalue weighted by Gasteiger charge is 2.01. The summed E-state index contributed by atoms with van der Waals surface area (Å²) in [5, 5.41) is 8.71. The van der Waals surface area contributed by atoms with E-state index in [9.17, 15) is 0 Å². The van der Waals surface area contributed by atoms with Crippen molar-refractivity contribution in [3.63, 3.8) is 0 Å². The molecule has 0 unspecified atom stereocenters. The van der Waals surface area contributed by atoms with Gasteiger partial charge < -0.3 is 4.74 Å². The second kappa shape index (κ2) is 11.6. The summed E-state index contributed by atoms with van der Waals surface area (Å²) in [7, 11) is 0. The monoisotopic (exact) mass is 221 g/mol.